The number of hydrogen-bond acceptors (Lipinski definition) is 2. The molecule has 2 rings (SSSR count). The Bertz CT molecular complexity index is 607. The van der Waals surface area contributed by atoms with Crippen molar-refractivity contribution in [2.75, 3.05) is 11.3 Å². The predicted octanol–water partition coefficient (Wildman–Crippen LogP) is 2.87. The molecule has 0 bridgehead atoms. The molecule has 2 aromatic rings. The van der Waals surface area contributed by atoms with Crippen LogP contribution in [0.25, 0.3) is 0 Å². The van der Waals surface area contributed by atoms with Gasteiger partial charge in [0.2, 0.25) is 14.9 Å². The monoisotopic (exact) mass is 293 g/mol. The van der Waals surface area contributed by atoms with Crippen molar-refractivity contribution < 1.29 is 8.42 Å². The van der Waals surface area contributed by atoms with Gasteiger partial charge in [0, 0.05) is 16.5 Å². The van der Waals surface area contributed by atoms with E-state index in [2.05, 4.69) is 0 Å². The lowest BCUT2D eigenvalue weighted by atomic mass is 10.2. The van der Waals surface area contributed by atoms with Crippen LogP contribution in [0, 0.1) is 0 Å². The van der Waals surface area contributed by atoms with Crippen LogP contribution in [0.1, 0.15) is 5.56 Å². The van der Waals surface area contributed by atoms with E-state index in [9.17, 15) is 8.42 Å². The van der Waals surface area contributed by atoms with Gasteiger partial charge in [-0.2, -0.15) is 0 Å². The summed E-state index contributed by atoms with van der Waals surface area (Å²) >= 11 is 0. The summed E-state index contributed by atoms with van der Waals surface area (Å²) in [5.74, 6) is 0.812. The molecular formula is C15H17O2S2+. The highest BCUT2D eigenvalue weighted by atomic mass is 32.3. The van der Waals surface area contributed by atoms with E-state index in [1.807, 2.05) is 42.7 Å². The van der Waals surface area contributed by atoms with Crippen LogP contribution in [0.4, 0.5) is 0 Å². The molecule has 0 radical (unpaired) electrons. The lowest BCUT2D eigenvalue weighted by Crippen LogP contribution is -2.17. The van der Waals surface area contributed by atoms with Gasteiger partial charge in [0.25, 0.3) is 0 Å². The molecule has 0 aromatic heterocycles. The summed E-state index contributed by atoms with van der Waals surface area (Å²) in [6.45, 7) is 0. The van der Waals surface area contributed by atoms with Gasteiger partial charge in [0.05, 0.1) is 11.2 Å². The number of sulfone groups is 1. The van der Waals surface area contributed by atoms with Crippen LogP contribution in [0.3, 0.4) is 0 Å². The SMILES string of the molecule is C[S+](Cc1ccccc1)CS(=O)(=O)c1ccccc1. The molecule has 100 valence electrons. The molecule has 0 aliphatic rings. The fourth-order valence-corrected chi connectivity index (χ4v) is 6.19. The predicted molar refractivity (Wildman–Crippen MR) is 81.9 cm³/mol. The van der Waals surface area contributed by atoms with Gasteiger partial charge in [0.15, 0.2) is 0 Å². The minimum Gasteiger partial charge on any atom is -0.219 e. The van der Waals surface area contributed by atoms with E-state index in [-0.39, 0.29) is 16.0 Å². The van der Waals surface area contributed by atoms with Crippen molar-refractivity contribution in [2.24, 2.45) is 0 Å². The Balaban J connectivity index is 2.05. The zero-order valence-electron chi connectivity index (χ0n) is 10.8. The van der Waals surface area contributed by atoms with E-state index in [0.29, 0.717) is 4.90 Å². The summed E-state index contributed by atoms with van der Waals surface area (Å²) in [6, 6.07) is 18.7. The second-order valence-electron chi connectivity index (χ2n) is 4.46. The van der Waals surface area contributed by atoms with Crippen LogP contribution in [0.5, 0.6) is 0 Å². The van der Waals surface area contributed by atoms with Crippen LogP contribution in [-0.2, 0) is 26.5 Å². The highest BCUT2D eigenvalue weighted by molar-refractivity contribution is 8.10. The highest BCUT2D eigenvalue weighted by Gasteiger charge is 2.24. The van der Waals surface area contributed by atoms with Crippen molar-refractivity contribution in [3.63, 3.8) is 0 Å². The second kappa shape index (κ2) is 6.26. The van der Waals surface area contributed by atoms with E-state index in [1.165, 1.54) is 5.56 Å². The summed E-state index contributed by atoms with van der Waals surface area (Å²) in [5.41, 5.74) is 1.19. The average molecular weight is 293 g/mol. The largest absolute Gasteiger partial charge is 0.224 e. The Morgan fingerprint density at radius 1 is 0.895 bits per heavy atom. The van der Waals surface area contributed by atoms with Crippen LogP contribution >= 0.6 is 0 Å². The first-order valence-electron chi connectivity index (χ1n) is 5.99. The van der Waals surface area contributed by atoms with Gasteiger partial charge < -0.3 is 0 Å². The maximum atomic E-state index is 12.2. The highest BCUT2D eigenvalue weighted by Crippen LogP contribution is 2.15. The normalized spacial score (nSPS) is 13.1. The fourth-order valence-electron chi connectivity index (χ4n) is 1.86. The molecule has 1 unspecified atom stereocenters. The lowest BCUT2D eigenvalue weighted by molar-refractivity contribution is 0.600. The number of hydrogen-bond donors (Lipinski definition) is 0. The second-order valence-corrected chi connectivity index (χ2v) is 8.95. The van der Waals surface area contributed by atoms with Gasteiger partial charge in [-0.1, -0.05) is 48.5 Å². The molecular weight excluding hydrogens is 276 g/mol. The Morgan fingerprint density at radius 3 is 2.00 bits per heavy atom. The smallest absolute Gasteiger partial charge is 0.219 e. The maximum absolute atomic E-state index is 12.2. The molecule has 0 heterocycles. The molecule has 1 atom stereocenters. The van der Waals surface area contributed by atoms with Crippen LogP contribution in [-0.4, -0.2) is 19.8 Å². The quantitative estimate of drug-likeness (QED) is 0.794. The molecule has 2 nitrogen and oxygen atoms in total. The maximum Gasteiger partial charge on any atom is 0.224 e. The van der Waals surface area contributed by atoms with Crippen molar-refractivity contribution in [3.8, 4) is 0 Å². The average Bonchev–Trinajstić information content (AvgIpc) is 2.40. The third kappa shape index (κ3) is 4.11. The Hall–Kier alpha value is -1.26. The Labute approximate surface area is 117 Å². The first-order valence-corrected chi connectivity index (χ1v) is 9.61. The van der Waals surface area contributed by atoms with Crippen molar-refractivity contribution in [2.45, 2.75) is 10.6 Å². The summed E-state index contributed by atoms with van der Waals surface area (Å²) in [6.07, 6.45) is 2.01. The van der Waals surface area contributed by atoms with Gasteiger partial charge in [-0.3, -0.25) is 0 Å². The Kier molecular flexibility index (Phi) is 4.66. The zero-order chi connectivity index (χ0) is 13.7. The lowest BCUT2D eigenvalue weighted by Gasteiger charge is -2.05. The summed E-state index contributed by atoms with van der Waals surface area (Å²) in [5, 5.41) is 0.214. The third-order valence-electron chi connectivity index (χ3n) is 2.71. The van der Waals surface area contributed by atoms with E-state index in [4.69, 9.17) is 0 Å². The van der Waals surface area contributed by atoms with E-state index < -0.39 is 9.84 Å². The molecule has 4 heteroatoms. The van der Waals surface area contributed by atoms with E-state index >= 15 is 0 Å². The van der Waals surface area contributed by atoms with E-state index in [0.717, 1.165) is 5.75 Å². The van der Waals surface area contributed by atoms with Gasteiger partial charge in [-0.05, 0) is 12.1 Å². The molecule has 0 aliphatic carbocycles. The minimum atomic E-state index is -3.17. The number of rotatable bonds is 5. The van der Waals surface area contributed by atoms with Crippen molar-refractivity contribution >= 4 is 20.7 Å². The number of benzene rings is 2. The van der Waals surface area contributed by atoms with Crippen LogP contribution in [0.2, 0.25) is 0 Å². The standard InChI is InChI=1S/C15H17O2S2/c1-18(12-14-8-4-2-5-9-14)13-19(16,17)15-10-6-3-7-11-15/h2-11H,12-13H2,1H3/q+1. The first kappa shape index (κ1) is 14.2. The van der Waals surface area contributed by atoms with Crippen molar-refractivity contribution in [1.29, 1.82) is 0 Å². The minimum absolute atomic E-state index is 0.179. The summed E-state index contributed by atoms with van der Waals surface area (Å²) in [4.78, 5) is 0.419. The van der Waals surface area contributed by atoms with Gasteiger partial charge in [-0.25, -0.2) is 8.42 Å². The zero-order valence-corrected chi connectivity index (χ0v) is 12.5. The topological polar surface area (TPSA) is 34.1 Å². The third-order valence-corrected chi connectivity index (χ3v) is 7.38. The molecule has 2 aromatic carbocycles. The molecule has 19 heavy (non-hydrogen) atoms. The molecule has 0 saturated heterocycles. The molecule has 0 N–H and O–H groups in total. The van der Waals surface area contributed by atoms with Crippen LogP contribution < -0.4 is 0 Å². The summed E-state index contributed by atoms with van der Waals surface area (Å²) in [7, 11) is -3.35. The van der Waals surface area contributed by atoms with Gasteiger partial charge in [-0.15, -0.1) is 0 Å². The van der Waals surface area contributed by atoms with Crippen LogP contribution in [0.15, 0.2) is 65.6 Å². The van der Waals surface area contributed by atoms with Crippen molar-refractivity contribution in [3.05, 3.63) is 66.2 Å². The molecule has 0 saturated carbocycles. The molecule has 0 amide bonds. The molecule has 0 aliphatic heterocycles. The van der Waals surface area contributed by atoms with E-state index in [1.54, 1.807) is 24.3 Å². The summed E-state index contributed by atoms with van der Waals surface area (Å²) < 4.78 is 24.5. The van der Waals surface area contributed by atoms with Crippen molar-refractivity contribution in [1.82, 2.24) is 0 Å². The van der Waals surface area contributed by atoms with Gasteiger partial charge >= 0.3 is 0 Å². The molecule has 0 spiro atoms. The van der Waals surface area contributed by atoms with Gasteiger partial charge in [0.1, 0.15) is 5.75 Å². The first-order chi connectivity index (χ1) is 9.08. The molecule has 0 fully saturated rings. The fraction of sp³-hybridized carbons (Fsp3) is 0.200. The Morgan fingerprint density at radius 2 is 1.42 bits per heavy atom.